The maximum Gasteiger partial charge on any atom is 0.127 e. The van der Waals surface area contributed by atoms with Crippen LogP contribution in [0.4, 0.5) is 0 Å². The second-order valence-corrected chi connectivity index (χ2v) is 3.12. The van der Waals surface area contributed by atoms with E-state index in [9.17, 15) is 0 Å². The normalized spacial score (nSPS) is 9.81. The topological polar surface area (TPSA) is 9.23 Å². The van der Waals surface area contributed by atoms with Crippen LogP contribution in [0.15, 0.2) is 66.3 Å². The fraction of sp³-hybridized carbons (Fsp3) is 0.143. The molecule has 0 bridgehead atoms. The Morgan fingerprint density at radius 2 is 1.75 bits per heavy atom. The molecular weight excluding hydrogens is 216 g/mol. The van der Waals surface area contributed by atoms with Gasteiger partial charge in [-0.1, -0.05) is 33.1 Å². The van der Waals surface area contributed by atoms with Crippen LogP contribution in [0.3, 0.4) is 0 Å². The molecule has 0 aromatic heterocycles. The van der Waals surface area contributed by atoms with Crippen molar-refractivity contribution in [1.82, 2.24) is 0 Å². The van der Waals surface area contributed by atoms with Crippen molar-refractivity contribution in [3.8, 4) is 5.75 Å². The van der Waals surface area contributed by atoms with E-state index in [1.807, 2.05) is 38.1 Å². The monoisotopic (exact) mass is 234 g/mol. The molecule has 0 radical (unpaired) electrons. The standard InChI is InChI=1S/C12H12OS.C2H6/c1-3-5-10(4-2)13-11-6-8-12(14)9-7-11;1-2/h3-9,14H,1-2H2;1-2H3/b10-5+;. The molecule has 0 aliphatic heterocycles. The predicted octanol–water partition coefficient (Wildman–Crippen LogP) is 4.64. The first kappa shape index (κ1) is 14.6. The van der Waals surface area contributed by atoms with Gasteiger partial charge in [0.05, 0.1) is 0 Å². The van der Waals surface area contributed by atoms with Crippen molar-refractivity contribution in [3.63, 3.8) is 0 Å². The summed E-state index contributed by atoms with van der Waals surface area (Å²) in [7, 11) is 0. The first-order valence-electron chi connectivity index (χ1n) is 5.18. The fourth-order valence-corrected chi connectivity index (χ4v) is 1.06. The van der Waals surface area contributed by atoms with Gasteiger partial charge in [-0.3, -0.25) is 0 Å². The Morgan fingerprint density at radius 1 is 1.19 bits per heavy atom. The highest BCUT2D eigenvalue weighted by atomic mass is 32.1. The SMILES string of the molecule is C=C/C=C(\C=C)Oc1ccc(S)cc1.CC. The minimum atomic E-state index is 0.673. The van der Waals surface area contributed by atoms with Crippen LogP contribution in [0.2, 0.25) is 0 Å². The Morgan fingerprint density at radius 3 is 2.19 bits per heavy atom. The molecule has 0 saturated carbocycles. The van der Waals surface area contributed by atoms with Crippen LogP contribution >= 0.6 is 12.6 Å². The maximum absolute atomic E-state index is 5.50. The molecule has 0 fully saturated rings. The van der Waals surface area contributed by atoms with Crippen molar-refractivity contribution in [2.45, 2.75) is 18.7 Å². The zero-order valence-corrected chi connectivity index (χ0v) is 10.7. The summed E-state index contributed by atoms with van der Waals surface area (Å²) in [4.78, 5) is 0.908. The molecule has 16 heavy (non-hydrogen) atoms. The molecule has 0 aliphatic rings. The van der Waals surface area contributed by atoms with Crippen molar-refractivity contribution < 1.29 is 4.74 Å². The largest absolute Gasteiger partial charge is 0.457 e. The van der Waals surface area contributed by atoms with Crippen LogP contribution in [0.1, 0.15) is 13.8 Å². The Balaban J connectivity index is 0.00000106. The average Bonchev–Trinajstić information content (AvgIpc) is 2.34. The number of ether oxygens (including phenoxy) is 1. The van der Waals surface area contributed by atoms with Gasteiger partial charge in [0.1, 0.15) is 11.5 Å². The molecule has 0 heterocycles. The molecule has 0 N–H and O–H groups in total. The second kappa shape index (κ2) is 8.86. The van der Waals surface area contributed by atoms with Gasteiger partial charge in [-0.2, -0.15) is 0 Å². The van der Waals surface area contributed by atoms with E-state index in [-0.39, 0.29) is 0 Å². The van der Waals surface area contributed by atoms with Gasteiger partial charge in [-0.15, -0.1) is 12.6 Å². The average molecular weight is 234 g/mol. The summed E-state index contributed by atoms with van der Waals surface area (Å²) < 4.78 is 5.50. The second-order valence-electron chi connectivity index (χ2n) is 2.60. The third-order valence-corrected chi connectivity index (χ3v) is 1.85. The van der Waals surface area contributed by atoms with Crippen molar-refractivity contribution in [2.24, 2.45) is 0 Å². The van der Waals surface area contributed by atoms with Gasteiger partial charge in [0.25, 0.3) is 0 Å². The molecule has 0 unspecified atom stereocenters. The van der Waals surface area contributed by atoms with Crippen LogP contribution in [-0.2, 0) is 0 Å². The Labute approximate surface area is 104 Å². The molecule has 0 aliphatic carbocycles. The lowest BCUT2D eigenvalue weighted by Gasteiger charge is -2.05. The summed E-state index contributed by atoms with van der Waals surface area (Å²) in [5, 5.41) is 0. The minimum Gasteiger partial charge on any atom is -0.457 e. The van der Waals surface area contributed by atoms with Gasteiger partial charge < -0.3 is 4.74 Å². The number of thiol groups is 1. The lowest BCUT2D eigenvalue weighted by atomic mass is 10.3. The van der Waals surface area contributed by atoms with Crippen LogP contribution in [-0.4, -0.2) is 0 Å². The van der Waals surface area contributed by atoms with E-state index in [0.717, 1.165) is 10.6 Å². The maximum atomic E-state index is 5.50. The molecule has 1 rings (SSSR count). The highest BCUT2D eigenvalue weighted by Crippen LogP contribution is 2.17. The summed E-state index contributed by atoms with van der Waals surface area (Å²) in [6.07, 6.45) is 5.04. The summed E-state index contributed by atoms with van der Waals surface area (Å²) in [5.74, 6) is 1.43. The highest BCUT2D eigenvalue weighted by molar-refractivity contribution is 7.80. The number of rotatable bonds is 4. The first-order chi connectivity index (χ1) is 7.76. The summed E-state index contributed by atoms with van der Waals surface area (Å²) in [5.41, 5.74) is 0. The van der Waals surface area contributed by atoms with Gasteiger partial charge in [0.2, 0.25) is 0 Å². The van der Waals surface area contributed by atoms with Gasteiger partial charge >= 0.3 is 0 Å². The highest BCUT2D eigenvalue weighted by Gasteiger charge is 1.94. The molecule has 0 atom stereocenters. The van der Waals surface area contributed by atoms with Crippen molar-refractivity contribution in [3.05, 3.63) is 61.4 Å². The van der Waals surface area contributed by atoms with Crippen molar-refractivity contribution in [2.75, 3.05) is 0 Å². The van der Waals surface area contributed by atoms with Gasteiger partial charge in [-0.25, -0.2) is 0 Å². The van der Waals surface area contributed by atoms with Gasteiger partial charge in [-0.05, 0) is 36.4 Å². The van der Waals surface area contributed by atoms with Crippen LogP contribution in [0, 0.1) is 0 Å². The van der Waals surface area contributed by atoms with E-state index in [1.165, 1.54) is 0 Å². The summed E-state index contributed by atoms with van der Waals surface area (Å²) in [6.45, 7) is 11.2. The molecule has 0 spiro atoms. The number of hydrogen-bond acceptors (Lipinski definition) is 2. The van der Waals surface area contributed by atoms with E-state index in [4.69, 9.17) is 4.74 Å². The Bertz CT molecular complexity index is 350. The summed E-state index contributed by atoms with van der Waals surface area (Å²) >= 11 is 4.18. The third-order valence-electron chi connectivity index (χ3n) is 1.56. The number of allylic oxidation sites excluding steroid dienone is 3. The van der Waals surface area contributed by atoms with Crippen molar-refractivity contribution >= 4 is 12.6 Å². The smallest absolute Gasteiger partial charge is 0.127 e. The summed E-state index contributed by atoms with van der Waals surface area (Å²) in [6, 6.07) is 7.44. The van der Waals surface area contributed by atoms with E-state index >= 15 is 0 Å². The van der Waals surface area contributed by atoms with Gasteiger partial charge in [0.15, 0.2) is 0 Å². The lowest BCUT2D eigenvalue weighted by Crippen LogP contribution is -1.90. The van der Waals surface area contributed by atoms with Crippen LogP contribution < -0.4 is 4.74 Å². The quantitative estimate of drug-likeness (QED) is 0.454. The first-order valence-corrected chi connectivity index (χ1v) is 5.63. The molecule has 0 saturated heterocycles. The number of hydrogen-bond donors (Lipinski definition) is 1. The predicted molar refractivity (Wildman–Crippen MR) is 74.1 cm³/mol. The lowest BCUT2D eigenvalue weighted by molar-refractivity contribution is 0.444. The molecule has 2 heteroatoms. The Hall–Kier alpha value is -1.41. The van der Waals surface area contributed by atoms with E-state index in [0.29, 0.717) is 5.76 Å². The molecule has 86 valence electrons. The van der Waals surface area contributed by atoms with E-state index in [2.05, 4.69) is 25.8 Å². The molecule has 0 amide bonds. The van der Waals surface area contributed by atoms with Crippen molar-refractivity contribution in [1.29, 1.82) is 0 Å². The van der Waals surface area contributed by atoms with E-state index in [1.54, 1.807) is 18.2 Å². The minimum absolute atomic E-state index is 0.673. The molecule has 1 nitrogen and oxygen atoms in total. The Kier molecular flexibility index (Phi) is 8.08. The third kappa shape index (κ3) is 5.47. The molecular formula is C14H18OS. The zero-order valence-electron chi connectivity index (χ0n) is 9.81. The van der Waals surface area contributed by atoms with Gasteiger partial charge in [0, 0.05) is 4.90 Å². The molecule has 1 aromatic carbocycles. The van der Waals surface area contributed by atoms with Crippen LogP contribution in [0.5, 0.6) is 5.75 Å². The zero-order chi connectivity index (χ0) is 12.4. The fourth-order valence-electron chi connectivity index (χ4n) is 0.910. The van der Waals surface area contributed by atoms with Crippen LogP contribution in [0.25, 0.3) is 0 Å². The molecule has 1 aromatic rings. The number of benzene rings is 1. The van der Waals surface area contributed by atoms with E-state index < -0.39 is 0 Å².